The number of unbranched alkanes of at least 4 members (excludes halogenated alkanes) is 5. The van der Waals surface area contributed by atoms with Crippen LogP contribution in [-0.4, -0.2) is 49.6 Å². The molecule has 31 heavy (non-hydrogen) atoms. The number of ether oxygens (including phenoxy) is 4. The Morgan fingerprint density at radius 2 is 1.55 bits per heavy atom. The molecule has 0 N–H and O–H groups in total. The summed E-state index contributed by atoms with van der Waals surface area (Å²) in [7, 11) is 0. The largest absolute Gasteiger partial charge is 0.466 e. The highest BCUT2D eigenvalue weighted by Crippen LogP contribution is 2.54. The van der Waals surface area contributed by atoms with Crippen LogP contribution in [0.1, 0.15) is 91.4 Å². The molecular formula is C25H42O6. The van der Waals surface area contributed by atoms with Gasteiger partial charge in [0, 0.05) is 18.3 Å². The van der Waals surface area contributed by atoms with E-state index in [2.05, 4.69) is 6.92 Å². The van der Waals surface area contributed by atoms with Crippen molar-refractivity contribution in [2.24, 2.45) is 17.8 Å². The third kappa shape index (κ3) is 6.92. The predicted octanol–water partition coefficient (Wildman–Crippen LogP) is 4.82. The number of epoxide rings is 2. The number of hydrogen-bond donors (Lipinski definition) is 0. The molecule has 3 rings (SSSR count). The van der Waals surface area contributed by atoms with Gasteiger partial charge in [-0.1, -0.05) is 45.4 Å². The second-order valence-corrected chi connectivity index (χ2v) is 9.38. The lowest BCUT2D eigenvalue weighted by molar-refractivity contribution is -0.152. The molecule has 2 heterocycles. The van der Waals surface area contributed by atoms with Gasteiger partial charge in [-0.25, -0.2) is 0 Å². The average molecular weight is 439 g/mol. The standard InChI is InChI=1S/C25H42O6/c1-4-7-14-20-22(30-20)19-16-18(25(27)29-6-3)17(23-24(19)31-23)13-11-9-8-10-12-15-21(26)28-5-2/h17-20,22-24H,4-16H2,1-3H3. The summed E-state index contributed by atoms with van der Waals surface area (Å²) in [4.78, 5) is 24.1. The fourth-order valence-electron chi connectivity index (χ4n) is 5.45. The fraction of sp³-hybridized carbons (Fsp3) is 0.920. The van der Waals surface area contributed by atoms with Crippen molar-refractivity contribution in [2.45, 2.75) is 116 Å². The zero-order chi connectivity index (χ0) is 22.2. The molecule has 7 atom stereocenters. The lowest BCUT2D eigenvalue weighted by atomic mass is 9.70. The molecule has 0 aromatic heterocycles. The molecule has 1 aliphatic carbocycles. The molecule has 6 heteroatoms. The smallest absolute Gasteiger partial charge is 0.309 e. The first kappa shape index (κ1) is 24.5. The minimum atomic E-state index is -0.0926. The van der Waals surface area contributed by atoms with Crippen molar-refractivity contribution in [1.82, 2.24) is 0 Å². The lowest BCUT2D eigenvalue weighted by Crippen LogP contribution is -2.39. The summed E-state index contributed by atoms with van der Waals surface area (Å²) in [6.45, 7) is 6.82. The van der Waals surface area contributed by atoms with E-state index in [-0.39, 0.29) is 42.1 Å². The monoisotopic (exact) mass is 438 g/mol. The van der Waals surface area contributed by atoms with Gasteiger partial charge in [-0.2, -0.15) is 0 Å². The molecule has 3 fully saturated rings. The molecule has 3 aliphatic rings. The zero-order valence-electron chi connectivity index (χ0n) is 19.7. The first-order valence-electron chi connectivity index (χ1n) is 12.7. The van der Waals surface area contributed by atoms with Gasteiger partial charge in [0.2, 0.25) is 0 Å². The molecule has 2 aliphatic heterocycles. The Hall–Kier alpha value is -1.14. The number of esters is 2. The molecule has 0 bridgehead atoms. The van der Waals surface area contributed by atoms with Crippen LogP contribution in [0, 0.1) is 17.8 Å². The molecule has 0 spiro atoms. The van der Waals surface area contributed by atoms with Gasteiger partial charge in [0.1, 0.15) is 0 Å². The average Bonchev–Trinajstić information content (AvgIpc) is 3.66. The van der Waals surface area contributed by atoms with E-state index >= 15 is 0 Å². The van der Waals surface area contributed by atoms with E-state index in [1.165, 1.54) is 12.8 Å². The maximum absolute atomic E-state index is 12.7. The third-order valence-corrected chi connectivity index (χ3v) is 7.15. The molecule has 1 saturated carbocycles. The van der Waals surface area contributed by atoms with Gasteiger partial charge >= 0.3 is 11.9 Å². The van der Waals surface area contributed by atoms with E-state index in [1.54, 1.807) is 0 Å². The SMILES string of the molecule is CCCCC1OC1C1CC(C(=O)OCC)C(CCCCCCCC(=O)OCC)C2OC12. The van der Waals surface area contributed by atoms with Crippen LogP contribution in [0.3, 0.4) is 0 Å². The highest BCUT2D eigenvalue weighted by atomic mass is 16.6. The van der Waals surface area contributed by atoms with E-state index in [9.17, 15) is 9.59 Å². The van der Waals surface area contributed by atoms with Crippen molar-refractivity contribution < 1.29 is 28.5 Å². The maximum atomic E-state index is 12.7. The van der Waals surface area contributed by atoms with E-state index in [0.717, 1.165) is 51.4 Å². The van der Waals surface area contributed by atoms with Crippen LogP contribution < -0.4 is 0 Å². The summed E-state index contributed by atoms with van der Waals surface area (Å²) in [6.07, 6.45) is 12.3. The molecule has 0 amide bonds. The van der Waals surface area contributed by atoms with Gasteiger partial charge in [0.25, 0.3) is 0 Å². The van der Waals surface area contributed by atoms with Crippen molar-refractivity contribution in [3.05, 3.63) is 0 Å². The Labute approximate surface area is 187 Å². The maximum Gasteiger partial charge on any atom is 0.309 e. The van der Waals surface area contributed by atoms with Gasteiger partial charge in [0.15, 0.2) is 0 Å². The summed E-state index contributed by atoms with van der Waals surface area (Å²) in [5, 5.41) is 0. The molecule has 6 nitrogen and oxygen atoms in total. The summed E-state index contributed by atoms with van der Waals surface area (Å²) < 4.78 is 22.5. The molecule has 0 aromatic rings. The van der Waals surface area contributed by atoms with Crippen LogP contribution >= 0.6 is 0 Å². The Balaban J connectivity index is 1.41. The lowest BCUT2D eigenvalue weighted by Gasteiger charge is -2.31. The van der Waals surface area contributed by atoms with Crippen molar-refractivity contribution in [1.29, 1.82) is 0 Å². The van der Waals surface area contributed by atoms with Crippen LogP contribution in [0.25, 0.3) is 0 Å². The Bertz CT molecular complexity index is 578. The quantitative estimate of drug-likeness (QED) is 0.207. The molecule has 178 valence electrons. The van der Waals surface area contributed by atoms with Crippen LogP contribution in [0.15, 0.2) is 0 Å². The van der Waals surface area contributed by atoms with Gasteiger partial charge in [-0.15, -0.1) is 0 Å². The first-order chi connectivity index (χ1) is 15.1. The number of rotatable bonds is 15. The van der Waals surface area contributed by atoms with Crippen LogP contribution in [0.2, 0.25) is 0 Å². The molecular weight excluding hydrogens is 396 g/mol. The predicted molar refractivity (Wildman–Crippen MR) is 118 cm³/mol. The summed E-state index contributed by atoms with van der Waals surface area (Å²) in [5.41, 5.74) is 0. The Morgan fingerprint density at radius 3 is 2.29 bits per heavy atom. The number of carbonyl (C=O) groups is 2. The number of hydrogen-bond acceptors (Lipinski definition) is 6. The first-order valence-corrected chi connectivity index (χ1v) is 12.7. The van der Waals surface area contributed by atoms with E-state index < -0.39 is 0 Å². The number of carbonyl (C=O) groups excluding carboxylic acids is 2. The van der Waals surface area contributed by atoms with E-state index in [1.807, 2.05) is 13.8 Å². The van der Waals surface area contributed by atoms with Crippen molar-refractivity contribution in [2.75, 3.05) is 13.2 Å². The fourth-order valence-corrected chi connectivity index (χ4v) is 5.45. The van der Waals surface area contributed by atoms with Crippen LogP contribution in [-0.2, 0) is 28.5 Å². The van der Waals surface area contributed by atoms with E-state index in [4.69, 9.17) is 18.9 Å². The summed E-state index contributed by atoms with van der Waals surface area (Å²) in [5.74, 6) is 0.415. The van der Waals surface area contributed by atoms with Crippen LogP contribution in [0.4, 0.5) is 0 Å². The number of fused-ring (bicyclic) bond motifs is 1. The second-order valence-electron chi connectivity index (χ2n) is 9.38. The second kappa shape index (κ2) is 12.2. The molecule has 7 unspecified atom stereocenters. The molecule has 2 saturated heterocycles. The highest BCUT2D eigenvalue weighted by molar-refractivity contribution is 5.73. The van der Waals surface area contributed by atoms with E-state index in [0.29, 0.717) is 31.7 Å². The van der Waals surface area contributed by atoms with Crippen LogP contribution in [0.5, 0.6) is 0 Å². The summed E-state index contributed by atoms with van der Waals surface area (Å²) in [6, 6.07) is 0. The minimum absolute atomic E-state index is 0.0494. The topological polar surface area (TPSA) is 77.7 Å². The minimum Gasteiger partial charge on any atom is -0.466 e. The van der Waals surface area contributed by atoms with Crippen molar-refractivity contribution in [3.63, 3.8) is 0 Å². The van der Waals surface area contributed by atoms with Gasteiger partial charge in [-0.3, -0.25) is 9.59 Å². The molecule has 0 aromatic carbocycles. The van der Waals surface area contributed by atoms with Gasteiger partial charge < -0.3 is 18.9 Å². The Morgan fingerprint density at radius 1 is 0.806 bits per heavy atom. The van der Waals surface area contributed by atoms with Gasteiger partial charge in [0.05, 0.1) is 43.5 Å². The van der Waals surface area contributed by atoms with Crippen molar-refractivity contribution >= 4 is 11.9 Å². The molecule has 0 radical (unpaired) electrons. The normalized spacial score (nSPS) is 33.5. The zero-order valence-corrected chi connectivity index (χ0v) is 19.7. The van der Waals surface area contributed by atoms with Gasteiger partial charge in [-0.05, 0) is 39.5 Å². The summed E-state index contributed by atoms with van der Waals surface area (Å²) >= 11 is 0. The highest BCUT2D eigenvalue weighted by Gasteiger charge is 2.63. The van der Waals surface area contributed by atoms with Crippen molar-refractivity contribution in [3.8, 4) is 0 Å². The Kier molecular flexibility index (Phi) is 9.64. The third-order valence-electron chi connectivity index (χ3n) is 7.15.